The zero-order valence-corrected chi connectivity index (χ0v) is 13.2. The molecule has 0 amide bonds. The maximum Gasteiger partial charge on any atom is 0.242 e. The molecule has 0 unspecified atom stereocenters. The molecule has 2 rings (SSSR count). The van der Waals surface area contributed by atoms with Crippen molar-refractivity contribution in [3.8, 4) is 0 Å². The molecule has 1 heterocycles. The minimum Gasteiger partial charge on any atom is -0.389 e. The number of aryl methyl sites for hydroxylation is 1. The molecular formula is C11H11ClN4O3S2. The highest BCUT2D eigenvalue weighted by atomic mass is 35.5. The Labute approximate surface area is 131 Å². The largest absolute Gasteiger partial charge is 0.389 e. The van der Waals surface area contributed by atoms with Gasteiger partial charge in [0.2, 0.25) is 15.9 Å². The van der Waals surface area contributed by atoms with Crippen molar-refractivity contribution in [1.29, 1.82) is 0 Å². The third-order valence-corrected chi connectivity index (χ3v) is 4.61. The molecule has 7 nitrogen and oxygen atoms in total. The normalized spacial score (nSPS) is 11.5. The topological polar surface area (TPSA) is 111 Å². The SMILES string of the molecule is Cc1noc(CNS(=O)(=O)c2cc(C(N)=S)ccc2Cl)n1. The number of hydrogen-bond acceptors (Lipinski definition) is 6. The Kier molecular flexibility index (Phi) is 4.57. The number of benzene rings is 1. The van der Waals surface area contributed by atoms with Crippen molar-refractivity contribution in [2.75, 3.05) is 0 Å². The second kappa shape index (κ2) is 6.06. The Morgan fingerprint density at radius 1 is 1.52 bits per heavy atom. The molecule has 0 saturated carbocycles. The quantitative estimate of drug-likeness (QED) is 0.781. The number of aromatic nitrogens is 2. The first-order chi connectivity index (χ1) is 9.79. The number of halogens is 1. The zero-order valence-electron chi connectivity index (χ0n) is 10.8. The summed E-state index contributed by atoms with van der Waals surface area (Å²) in [4.78, 5) is 3.86. The molecule has 0 radical (unpaired) electrons. The van der Waals surface area contributed by atoms with Crippen LogP contribution in [0.5, 0.6) is 0 Å². The monoisotopic (exact) mass is 346 g/mol. The van der Waals surface area contributed by atoms with Gasteiger partial charge in [0.15, 0.2) is 5.82 Å². The van der Waals surface area contributed by atoms with E-state index in [1.54, 1.807) is 13.0 Å². The minimum atomic E-state index is -3.86. The predicted molar refractivity (Wildman–Crippen MR) is 80.4 cm³/mol. The fourth-order valence-corrected chi connectivity index (χ4v) is 3.13. The van der Waals surface area contributed by atoms with Crippen molar-refractivity contribution in [3.63, 3.8) is 0 Å². The molecule has 10 heteroatoms. The number of sulfonamides is 1. The smallest absolute Gasteiger partial charge is 0.242 e. The number of nitrogens with two attached hydrogens (primary N) is 1. The summed E-state index contributed by atoms with van der Waals surface area (Å²) in [6, 6.07) is 4.28. The highest BCUT2D eigenvalue weighted by molar-refractivity contribution is 7.89. The molecule has 112 valence electrons. The summed E-state index contributed by atoms with van der Waals surface area (Å²) in [7, 11) is -3.86. The molecule has 0 fully saturated rings. The maximum atomic E-state index is 12.2. The Balaban J connectivity index is 2.26. The summed E-state index contributed by atoms with van der Waals surface area (Å²) < 4.78 is 31.6. The first kappa shape index (κ1) is 15.8. The summed E-state index contributed by atoms with van der Waals surface area (Å²) in [6.45, 7) is 1.49. The van der Waals surface area contributed by atoms with Crippen LogP contribution in [0.2, 0.25) is 5.02 Å². The summed E-state index contributed by atoms with van der Waals surface area (Å²) in [6.07, 6.45) is 0. The van der Waals surface area contributed by atoms with E-state index in [4.69, 9.17) is 34.1 Å². The van der Waals surface area contributed by atoms with Gasteiger partial charge in [-0.15, -0.1) is 0 Å². The third kappa shape index (κ3) is 3.76. The van der Waals surface area contributed by atoms with Crippen LogP contribution in [-0.2, 0) is 16.6 Å². The van der Waals surface area contributed by atoms with Crippen LogP contribution < -0.4 is 10.5 Å². The second-order valence-electron chi connectivity index (χ2n) is 4.07. The number of rotatable bonds is 5. The molecule has 2 aromatic rings. The van der Waals surface area contributed by atoms with Crippen molar-refractivity contribution < 1.29 is 12.9 Å². The van der Waals surface area contributed by atoms with Crippen molar-refractivity contribution in [2.45, 2.75) is 18.4 Å². The summed E-state index contributed by atoms with van der Waals surface area (Å²) in [5, 5.41) is 3.62. The lowest BCUT2D eigenvalue weighted by atomic mass is 10.2. The van der Waals surface area contributed by atoms with Gasteiger partial charge in [0, 0.05) is 5.56 Å². The van der Waals surface area contributed by atoms with Crippen LogP contribution in [0.25, 0.3) is 0 Å². The number of nitrogens with one attached hydrogen (secondary N) is 1. The fraction of sp³-hybridized carbons (Fsp3) is 0.182. The molecule has 0 saturated heterocycles. The number of thiocarbonyl (C=S) groups is 1. The molecule has 21 heavy (non-hydrogen) atoms. The standard InChI is InChI=1S/C11H11ClN4O3S2/c1-6-15-10(19-16-6)5-14-21(17,18)9-4-7(11(13)20)2-3-8(9)12/h2-4,14H,5H2,1H3,(H2,13,20). The van der Waals surface area contributed by atoms with E-state index in [0.717, 1.165) is 0 Å². The molecule has 0 aliphatic heterocycles. The number of nitrogens with zero attached hydrogens (tertiary/aromatic N) is 2. The van der Waals surface area contributed by atoms with E-state index in [9.17, 15) is 8.42 Å². The average molecular weight is 347 g/mol. The highest BCUT2D eigenvalue weighted by Gasteiger charge is 2.20. The van der Waals surface area contributed by atoms with Gasteiger partial charge in [0.1, 0.15) is 9.88 Å². The van der Waals surface area contributed by atoms with Crippen molar-refractivity contribution in [2.24, 2.45) is 5.73 Å². The van der Waals surface area contributed by atoms with Crippen LogP contribution in [0.15, 0.2) is 27.6 Å². The highest BCUT2D eigenvalue weighted by Crippen LogP contribution is 2.22. The van der Waals surface area contributed by atoms with Crippen LogP contribution in [0.4, 0.5) is 0 Å². The van der Waals surface area contributed by atoms with Crippen LogP contribution in [0.3, 0.4) is 0 Å². The van der Waals surface area contributed by atoms with Gasteiger partial charge in [-0.3, -0.25) is 0 Å². The Morgan fingerprint density at radius 2 is 2.24 bits per heavy atom. The lowest BCUT2D eigenvalue weighted by molar-refractivity contribution is 0.372. The zero-order chi connectivity index (χ0) is 15.6. The summed E-state index contributed by atoms with van der Waals surface area (Å²) in [5.74, 6) is 0.565. The van der Waals surface area contributed by atoms with E-state index in [-0.39, 0.29) is 27.3 Å². The lowest BCUT2D eigenvalue weighted by Gasteiger charge is -2.08. The van der Waals surface area contributed by atoms with Crippen molar-refractivity contribution >= 4 is 38.8 Å². The summed E-state index contributed by atoms with van der Waals surface area (Å²) in [5.41, 5.74) is 5.89. The molecule has 1 aromatic heterocycles. The van der Waals surface area contributed by atoms with Crippen molar-refractivity contribution in [1.82, 2.24) is 14.9 Å². The van der Waals surface area contributed by atoms with Gasteiger partial charge in [-0.2, -0.15) is 4.98 Å². The second-order valence-corrected chi connectivity index (χ2v) is 6.65. The van der Waals surface area contributed by atoms with Gasteiger partial charge in [-0.05, 0) is 19.1 Å². The molecule has 1 aromatic carbocycles. The fourth-order valence-electron chi connectivity index (χ4n) is 1.51. The lowest BCUT2D eigenvalue weighted by Crippen LogP contribution is -2.24. The molecule has 0 aliphatic rings. The van der Waals surface area contributed by atoms with Gasteiger partial charge in [-0.1, -0.05) is 35.0 Å². The molecule has 3 N–H and O–H groups in total. The predicted octanol–water partition coefficient (Wildman–Crippen LogP) is 1.14. The van der Waals surface area contributed by atoms with E-state index >= 15 is 0 Å². The minimum absolute atomic E-state index is 0.0595. The van der Waals surface area contributed by atoms with E-state index < -0.39 is 10.0 Å². The van der Waals surface area contributed by atoms with Crippen LogP contribution in [-0.4, -0.2) is 23.5 Å². The molecule has 0 aliphatic carbocycles. The van der Waals surface area contributed by atoms with Crippen molar-refractivity contribution in [3.05, 3.63) is 40.5 Å². The molecular weight excluding hydrogens is 336 g/mol. The van der Waals surface area contributed by atoms with Gasteiger partial charge >= 0.3 is 0 Å². The van der Waals surface area contributed by atoms with E-state index in [1.807, 2.05) is 0 Å². The average Bonchev–Trinajstić information content (AvgIpc) is 2.82. The Bertz CT molecular complexity index is 789. The van der Waals surface area contributed by atoms with Crippen LogP contribution in [0, 0.1) is 6.92 Å². The van der Waals surface area contributed by atoms with Crippen LogP contribution >= 0.6 is 23.8 Å². The van der Waals surface area contributed by atoms with Gasteiger partial charge in [-0.25, -0.2) is 13.1 Å². The Morgan fingerprint density at radius 3 is 2.81 bits per heavy atom. The maximum absolute atomic E-state index is 12.2. The van der Waals surface area contributed by atoms with Gasteiger partial charge < -0.3 is 10.3 Å². The van der Waals surface area contributed by atoms with Crippen LogP contribution in [0.1, 0.15) is 17.3 Å². The van der Waals surface area contributed by atoms with E-state index in [0.29, 0.717) is 11.4 Å². The molecule has 0 atom stereocenters. The first-order valence-electron chi connectivity index (χ1n) is 5.68. The third-order valence-electron chi connectivity index (χ3n) is 2.49. The first-order valence-corrected chi connectivity index (χ1v) is 7.95. The van der Waals surface area contributed by atoms with Gasteiger partial charge in [0.25, 0.3) is 0 Å². The Hall–Kier alpha value is -1.55. The van der Waals surface area contributed by atoms with Gasteiger partial charge in [0.05, 0.1) is 11.6 Å². The number of hydrogen-bond donors (Lipinski definition) is 2. The molecule has 0 bridgehead atoms. The van der Waals surface area contributed by atoms with E-state index in [2.05, 4.69) is 14.9 Å². The molecule has 0 spiro atoms. The van der Waals surface area contributed by atoms with E-state index in [1.165, 1.54) is 12.1 Å². The summed E-state index contributed by atoms with van der Waals surface area (Å²) >= 11 is 10.7.